The zero-order valence-electron chi connectivity index (χ0n) is 6.82. The Morgan fingerprint density at radius 2 is 1.58 bits per heavy atom. The molecule has 0 bridgehead atoms. The molecule has 0 fully saturated rings. The Bertz CT molecular complexity index is 151. The second kappa shape index (κ2) is 7.83. The lowest BCUT2D eigenvalue weighted by Gasteiger charge is -1.96. The molecular weight excluding hydrogens is 164 g/mol. The van der Waals surface area contributed by atoms with Crippen LogP contribution in [0.25, 0.3) is 0 Å². The SMILES string of the molecule is CC(CO)=C(O)CO.NC(N)=O. The summed E-state index contributed by atoms with van der Waals surface area (Å²) in [5.41, 5.74) is 8.91. The molecule has 7 N–H and O–H groups in total. The molecule has 0 aromatic heterocycles. The van der Waals surface area contributed by atoms with E-state index in [4.69, 9.17) is 20.1 Å². The molecule has 0 radical (unpaired) electrons. The van der Waals surface area contributed by atoms with E-state index in [1.807, 2.05) is 0 Å². The molecule has 72 valence electrons. The zero-order valence-corrected chi connectivity index (χ0v) is 6.82. The van der Waals surface area contributed by atoms with Crippen molar-refractivity contribution in [2.24, 2.45) is 11.5 Å². The van der Waals surface area contributed by atoms with Gasteiger partial charge in [0, 0.05) is 0 Å². The highest BCUT2D eigenvalue weighted by Gasteiger charge is 1.93. The summed E-state index contributed by atoms with van der Waals surface area (Å²) in [4.78, 5) is 9.00. The molecule has 0 aromatic rings. The monoisotopic (exact) mass is 178 g/mol. The largest absolute Gasteiger partial charge is 0.510 e. The number of aliphatic hydroxyl groups is 3. The molecule has 0 saturated carbocycles. The Morgan fingerprint density at radius 1 is 1.25 bits per heavy atom. The van der Waals surface area contributed by atoms with Crippen LogP contribution in [-0.4, -0.2) is 34.6 Å². The fourth-order valence-electron chi connectivity index (χ4n) is 0.226. The molecule has 6 heteroatoms. The van der Waals surface area contributed by atoms with Crippen molar-refractivity contribution in [2.45, 2.75) is 6.92 Å². The van der Waals surface area contributed by atoms with Crippen molar-refractivity contribution in [3.05, 3.63) is 11.3 Å². The Labute approximate surface area is 70.1 Å². The summed E-state index contributed by atoms with van der Waals surface area (Å²) in [7, 11) is 0. The van der Waals surface area contributed by atoms with E-state index in [9.17, 15) is 0 Å². The fourth-order valence-corrected chi connectivity index (χ4v) is 0.226. The van der Waals surface area contributed by atoms with Crippen molar-refractivity contribution in [3.8, 4) is 0 Å². The van der Waals surface area contributed by atoms with Gasteiger partial charge in [-0.05, 0) is 12.5 Å². The molecule has 0 atom stereocenters. The molecule has 0 heterocycles. The van der Waals surface area contributed by atoms with Crippen LogP contribution in [0.1, 0.15) is 6.92 Å². The first kappa shape index (κ1) is 13.3. The number of aliphatic hydroxyl groups excluding tert-OH is 3. The second-order valence-corrected chi connectivity index (χ2v) is 1.95. The van der Waals surface area contributed by atoms with E-state index >= 15 is 0 Å². The summed E-state index contributed by atoms with van der Waals surface area (Å²) in [6.45, 7) is 0.949. The van der Waals surface area contributed by atoms with Gasteiger partial charge in [0.05, 0.1) is 6.61 Å². The van der Waals surface area contributed by atoms with E-state index in [2.05, 4.69) is 11.5 Å². The van der Waals surface area contributed by atoms with Crippen LogP contribution in [0.15, 0.2) is 11.3 Å². The Balaban J connectivity index is 0. The van der Waals surface area contributed by atoms with Crippen LogP contribution in [0.4, 0.5) is 4.79 Å². The molecule has 12 heavy (non-hydrogen) atoms. The Hall–Kier alpha value is -1.27. The molecule has 2 amide bonds. The minimum absolute atomic E-state index is 0.146. The van der Waals surface area contributed by atoms with Crippen LogP contribution in [0.3, 0.4) is 0 Å². The highest BCUT2D eigenvalue weighted by atomic mass is 16.3. The molecule has 0 unspecified atom stereocenters. The number of hydrogen-bond acceptors (Lipinski definition) is 4. The van der Waals surface area contributed by atoms with Crippen molar-refractivity contribution in [2.75, 3.05) is 13.2 Å². The molecule has 0 aromatic carbocycles. The Morgan fingerprint density at radius 3 is 1.67 bits per heavy atom. The molecule has 0 aliphatic carbocycles. The number of amides is 2. The van der Waals surface area contributed by atoms with E-state index in [0.717, 1.165) is 0 Å². The van der Waals surface area contributed by atoms with E-state index in [1.165, 1.54) is 0 Å². The third-order valence-electron chi connectivity index (χ3n) is 0.880. The quantitative estimate of drug-likeness (QED) is 0.341. The zero-order chi connectivity index (χ0) is 10.1. The molecule has 0 aliphatic rings. The van der Waals surface area contributed by atoms with Gasteiger partial charge in [0.1, 0.15) is 12.4 Å². The number of carbonyl (C=O) groups is 1. The van der Waals surface area contributed by atoms with Gasteiger partial charge in [-0.2, -0.15) is 0 Å². The van der Waals surface area contributed by atoms with Gasteiger partial charge in [-0.1, -0.05) is 0 Å². The molecular formula is C6H14N2O4. The predicted molar refractivity (Wildman–Crippen MR) is 43.3 cm³/mol. The van der Waals surface area contributed by atoms with Gasteiger partial charge >= 0.3 is 6.03 Å². The summed E-state index contributed by atoms with van der Waals surface area (Å²) in [6, 6.07) is -0.833. The number of rotatable bonds is 2. The lowest BCUT2D eigenvalue weighted by Crippen LogP contribution is -2.18. The van der Waals surface area contributed by atoms with E-state index in [1.54, 1.807) is 6.92 Å². The van der Waals surface area contributed by atoms with Gasteiger partial charge in [0.15, 0.2) is 0 Å². The number of hydrogen-bond donors (Lipinski definition) is 5. The van der Waals surface area contributed by atoms with Gasteiger partial charge in [-0.15, -0.1) is 0 Å². The fraction of sp³-hybridized carbons (Fsp3) is 0.500. The van der Waals surface area contributed by atoms with Crippen LogP contribution in [0.2, 0.25) is 0 Å². The highest BCUT2D eigenvalue weighted by Crippen LogP contribution is 1.95. The first-order chi connectivity index (χ1) is 5.45. The first-order valence-electron chi connectivity index (χ1n) is 3.09. The van der Waals surface area contributed by atoms with Gasteiger partial charge in [0.2, 0.25) is 0 Å². The number of urea groups is 1. The third kappa shape index (κ3) is 11.5. The minimum Gasteiger partial charge on any atom is -0.510 e. The average molecular weight is 178 g/mol. The van der Waals surface area contributed by atoms with Crippen LogP contribution < -0.4 is 11.5 Å². The molecule has 0 saturated heterocycles. The van der Waals surface area contributed by atoms with Crippen molar-refractivity contribution in [1.82, 2.24) is 0 Å². The van der Waals surface area contributed by atoms with Crippen molar-refractivity contribution in [1.29, 1.82) is 0 Å². The first-order valence-corrected chi connectivity index (χ1v) is 3.09. The van der Waals surface area contributed by atoms with Crippen molar-refractivity contribution in [3.63, 3.8) is 0 Å². The maximum Gasteiger partial charge on any atom is 0.309 e. The lowest BCUT2D eigenvalue weighted by atomic mass is 10.3. The van der Waals surface area contributed by atoms with Gasteiger partial charge < -0.3 is 26.8 Å². The summed E-state index contributed by atoms with van der Waals surface area (Å²) < 4.78 is 0. The molecule has 0 rings (SSSR count). The molecule has 0 aliphatic heterocycles. The number of nitrogens with two attached hydrogens (primary N) is 2. The smallest absolute Gasteiger partial charge is 0.309 e. The Kier molecular flexibility index (Phi) is 8.70. The normalized spacial score (nSPS) is 10.9. The van der Waals surface area contributed by atoms with Crippen LogP contribution >= 0.6 is 0 Å². The lowest BCUT2D eigenvalue weighted by molar-refractivity contribution is 0.240. The number of carbonyl (C=O) groups excluding carboxylic acids is 1. The van der Waals surface area contributed by atoms with Crippen LogP contribution in [0, 0.1) is 0 Å². The highest BCUT2D eigenvalue weighted by molar-refractivity contribution is 5.69. The van der Waals surface area contributed by atoms with Crippen molar-refractivity contribution < 1.29 is 20.1 Å². The number of primary amides is 2. The minimum atomic E-state index is -0.833. The maximum atomic E-state index is 9.00. The van der Waals surface area contributed by atoms with Crippen LogP contribution in [-0.2, 0) is 0 Å². The third-order valence-corrected chi connectivity index (χ3v) is 0.880. The van der Waals surface area contributed by atoms with Gasteiger partial charge in [-0.25, -0.2) is 4.79 Å². The standard InChI is InChI=1S/C5H10O3.CH4N2O/c1-4(2-6)5(8)3-7;2-1(3)4/h6-8H,2-3H2,1H3;(H4,2,3,4). The summed E-state index contributed by atoms with van der Waals surface area (Å²) in [5, 5.41) is 25.1. The second-order valence-electron chi connectivity index (χ2n) is 1.95. The maximum absolute atomic E-state index is 9.00. The summed E-state index contributed by atoms with van der Waals surface area (Å²) >= 11 is 0. The van der Waals surface area contributed by atoms with Gasteiger partial charge in [0.25, 0.3) is 0 Å². The van der Waals surface area contributed by atoms with E-state index in [0.29, 0.717) is 5.57 Å². The van der Waals surface area contributed by atoms with Crippen LogP contribution in [0.5, 0.6) is 0 Å². The summed E-state index contributed by atoms with van der Waals surface area (Å²) in [6.07, 6.45) is 0. The van der Waals surface area contributed by atoms with Gasteiger partial charge in [-0.3, -0.25) is 0 Å². The van der Waals surface area contributed by atoms with Crippen molar-refractivity contribution >= 4 is 6.03 Å². The summed E-state index contributed by atoms with van der Waals surface area (Å²) in [5.74, 6) is -0.146. The predicted octanol–water partition coefficient (Wildman–Crippen LogP) is -1.17. The molecule has 6 nitrogen and oxygen atoms in total. The average Bonchev–Trinajstić information content (AvgIpc) is 2.00. The van der Waals surface area contributed by atoms with E-state index in [-0.39, 0.29) is 12.4 Å². The molecule has 0 spiro atoms. The topological polar surface area (TPSA) is 130 Å². The van der Waals surface area contributed by atoms with E-state index < -0.39 is 12.6 Å².